The number of fused-ring (bicyclic) bond motifs is 1. The van der Waals surface area contributed by atoms with E-state index in [-0.39, 0.29) is 5.56 Å². The molecular formula is C20H17N3OS3. The first kappa shape index (κ1) is 18.2. The first-order valence-corrected chi connectivity index (χ1v) is 10.6. The van der Waals surface area contributed by atoms with Crippen LogP contribution in [0.4, 0.5) is 0 Å². The highest BCUT2D eigenvalue weighted by molar-refractivity contribution is 7.98. The molecule has 4 aromatic rings. The molecule has 0 saturated heterocycles. The molecule has 2 aromatic carbocycles. The van der Waals surface area contributed by atoms with Crippen LogP contribution >= 0.6 is 35.3 Å². The third-order valence-corrected chi connectivity index (χ3v) is 6.69. The molecule has 0 bridgehead atoms. The van der Waals surface area contributed by atoms with Crippen molar-refractivity contribution in [3.8, 4) is 5.69 Å². The normalized spacial score (nSPS) is 11.2. The highest BCUT2D eigenvalue weighted by Crippen LogP contribution is 2.27. The number of rotatable bonds is 4. The lowest BCUT2D eigenvalue weighted by Crippen LogP contribution is -2.19. The summed E-state index contributed by atoms with van der Waals surface area (Å²) in [6, 6.07) is 18.2. The Morgan fingerprint density at radius 2 is 1.93 bits per heavy atom. The minimum atomic E-state index is -0.0578. The Kier molecular flexibility index (Phi) is 4.99. The van der Waals surface area contributed by atoms with Gasteiger partial charge in [0, 0.05) is 18.5 Å². The summed E-state index contributed by atoms with van der Waals surface area (Å²) in [4.78, 5) is 17.7. The second-order valence-electron chi connectivity index (χ2n) is 6.23. The summed E-state index contributed by atoms with van der Waals surface area (Å²) >= 11 is 8.40. The molecule has 0 N–H and O–H groups in total. The Balaban J connectivity index is 1.81. The van der Waals surface area contributed by atoms with Gasteiger partial charge in [0.05, 0.1) is 0 Å². The number of hydrogen-bond acceptors (Lipinski definition) is 5. The smallest absolute Gasteiger partial charge is 0.273 e. The van der Waals surface area contributed by atoms with Gasteiger partial charge < -0.3 is 0 Å². The molecule has 0 unspecified atom stereocenters. The zero-order chi connectivity index (χ0) is 19.0. The molecule has 0 radical (unpaired) electrons. The number of para-hydroxylation sites is 1. The molecule has 0 fully saturated rings. The second-order valence-corrected chi connectivity index (χ2v) is 8.81. The Hall–Kier alpha value is -2.22. The first-order chi connectivity index (χ1) is 13.0. The lowest BCUT2D eigenvalue weighted by molar-refractivity contribution is 0.722. The van der Waals surface area contributed by atoms with Gasteiger partial charge in [-0.05, 0) is 36.8 Å². The van der Waals surface area contributed by atoms with Crippen molar-refractivity contribution in [1.29, 1.82) is 0 Å². The molecule has 4 nitrogen and oxygen atoms in total. The number of thioether (sulfide) groups is 1. The molecule has 0 saturated carbocycles. The first-order valence-electron chi connectivity index (χ1n) is 8.41. The Labute approximate surface area is 170 Å². The molecule has 0 amide bonds. The molecule has 0 aliphatic carbocycles. The summed E-state index contributed by atoms with van der Waals surface area (Å²) in [5.41, 5.74) is 3.92. The molecule has 2 heterocycles. The van der Waals surface area contributed by atoms with Crippen LogP contribution in [0.5, 0.6) is 0 Å². The third-order valence-electron chi connectivity index (χ3n) is 4.24. The van der Waals surface area contributed by atoms with E-state index in [2.05, 4.69) is 25.1 Å². The molecule has 0 spiro atoms. The number of aryl methyl sites for hydroxylation is 1. The largest absolute Gasteiger partial charge is 0.289 e. The SMILES string of the molecule is Cc1cccc(CSc2nc3c(sc(=S)n3-c3ccccc3)c(=O)n2C)c1. The van der Waals surface area contributed by atoms with E-state index in [1.807, 2.05) is 41.0 Å². The molecule has 4 rings (SSSR count). The minimum Gasteiger partial charge on any atom is -0.289 e. The van der Waals surface area contributed by atoms with Gasteiger partial charge in [0.2, 0.25) is 0 Å². The van der Waals surface area contributed by atoms with Gasteiger partial charge in [0.25, 0.3) is 5.56 Å². The van der Waals surface area contributed by atoms with Crippen LogP contribution < -0.4 is 5.56 Å². The fraction of sp³-hybridized carbons (Fsp3) is 0.150. The molecule has 0 aliphatic rings. The molecule has 136 valence electrons. The van der Waals surface area contributed by atoms with E-state index in [4.69, 9.17) is 17.2 Å². The van der Waals surface area contributed by atoms with Crippen LogP contribution in [0.3, 0.4) is 0 Å². The van der Waals surface area contributed by atoms with E-state index >= 15 is 0 Å². The summed E-state index contributed by atoms with van der Waals surface area (Å²) in [6.07, 6.45) is 0. The van der Waals surface area contributed by atoms with E-state index in [0.717, 1.165) is 11.4 Å². The predicted octanol–water partition coefficient (Wildman–Crippen LogP) is 5.12. The highest BCUT2D eigenvalue weighted by atomic mass is 32.2. The number of benzene rings is 2. The quantitative estimate of drug-likeness (QED) is 0.266. The topological polar surface area (TPSA) is 39.8 Å². The molecule has 7 heteroatoms. The van der Waals surface area contributed by atoms with Crippen molar-refractivity contribution in [3.63, 3.8) is 0 Å². The summed E-state index contributed by atoms with van der Waals surface area (Å²) in [7, 11) is 1.77. The molecule has 0 aliphatic heterocycles. The van der Waals surface area contributed by atoms with E-state index in [1.54, 1.807) is 23.4 Å². The van der Waals surface area contributed by atoms with E-state index in [0.29, 0.717) is 19.5 Å². The van der Waals surface area contributed by atoms with Crippen molar-refractivity contribution < 1.29 is 0 Å². The average molecular weight is 412 g/mol. The van der Waals surface area contributed by atoms with Crippen LogP contribution in [0.2, 0.25) is 0 Å². The summed E-state index contributed by atoms with van der Waals surface area (Å²) < 4.78 is 4.71. The van der Waals surface area contributed by atoms with Gasteiger partial charge in [0.15, 0.2) is 14.8 Å². The summed E-state index contributed by atoms with van der Waals surface area (Å²) in [5.74, 6) is 0.754. The van der Waals surface area contributed by atoms with Crippen LogP contribution in [-0.2, 0) is 12.8 Å². The van der Waals surface area contributed by atoms with Crippen LogP contribution in [0.15, 0.2) is 64.5 Å². The summed E-state index contributed by atoms with van der Waals surface area (Å²) in [5, 5.41) is 0.687. The standard InChI is InChI=1S/C20H17N3OS3/c1-13-7-6-8-14(11-13)12-26-19-21-17-16(18(24)22(19)2)27-20(25)23(17)15-9-4-3-5-10-15/h3-11H,12H2,1-2H3. The molecular weight excluding hydrogens is 394 g/mol. The monoisotopic (exact) mass is 411 g/mol. The number of aromatic nitrogens is 3. The van der Waals surface area contributed by atoms with Gasteiger partial charge in [-0.25, -0.2) is 4.98 Å². The number of thiazole rings is 1. The van der Waals surface area contributed by atoms with Crippen molar-refractivity contribution in [2.75, 3.05) is 0 Å². The van der Waals surface area contributed by atoms with Gasteiger partial charge in [0.1, 0.15) is 4.70 Å². The van der Waals surface area contributed by atoms with Gasteiger partial charge in [-0.15, -0.1) is 0 Å². The Bertz CT molecular complexity index is 1240. The maximum absolute atomic E-state index is 12.9. The van der Waals surface area contributed by atoms with E-state index in [1.165, 1.54) is 22.5 Å². The Morgan fingerprint density at radius 1 is 1.15 bits per heavy atom. The Morgan fingerprint density at radius 3 is 2.67 bits per heavy atom. The highest BCUT2D eigenvalue weighted by Gasteiger charge is 2.16. The van der Waals surface area contributed by atoms with Crippen molar-refractivity contribution in [2.24, 2.45) is 7.05 Å². The predicted molar refractivity (Wildman–Crippen MR) is 116 cm³/mol. The number of hydrogen-bond donors (Lipinski definition) is 0. The van der Waals surface area contributed by atoms with Crippen LogP contribution in [0.1, 0.15) is 11.1 Å². The maximum atomic E-state index is 12.9. The van der Waals surface area contributed by atoms with Gasteiger partial charge in [-0.1, -0.05) is 71.1 Å². The van der Waals surface area contributed by atoms with Crippen molar-refractivity contribution >= 4 is 45.7 Å². The molecule has 2 aromatic heterocycles. The number of nitrogens with zero attached hydrogens (tertiary/aromatic N) is 3. The molecule has 0 atom stereocenters. The van der Waals surface area contributed by atoms with Gasteiger partial charge >= 0.3 is 0 Å². The lowest BCUT2D eigenvalue weighted by atomic mass is 10.2. The molecule has 27 heavy (non-hydrogen) atoms. The van der Waals surface area contributed by atoms with Crippen LogP contribution in [-0.4, -0.2) is 14.1 Å². The lowest BCUT2D eigenvalue weighted by Gasteiger charge is -2.09. The van der Waals surface area contributed by atoms with Gasteiger partial charge in [-0.2, -0.15) is 0 Å². The third kappa shape index (κ3) is 3.50. The van der Waals surface area contributed by atoms with Crippen LogP contribution in [0.25, 0.3) is 16.0 Å². The van der Waals surface area contributed by atoms with E-state index < -0.39 is 0 Å². The minimum absolute atomic E-state index is 0.0578. The zero-order valence-corrected chi connectivity index (χ0v) is 17.3. The average Bonchev–Trinajstić information content (AvgIpc) is 3.00. The van der Waals surface area contributed by atoms with Crippen molar-refractivity contribution in [3.05, 3.63) is 80.0 Å². The van der Waals surface area contributed by atoms with Crippen LogP contribution in [0, 0.1) is 10.9 Å². The van der Waals surface area contributed by atoms with E-state index in [9.17, 15) is 4.79 Å². The van der Waals surface area contributed by atoms with Gasteiger partial charge in [-0.3, -0.25) is 13.9 Å². The van der Waals surface area contributed by atoms with Crippen molar-refractivity contribution in [1.82, 2.24) is 14.1 Å². The fourth-order valence-electron chi connectivity index (χ4n) is 2.90. The maximum Gasteiger partial charge on any atom is 0.273 e. The van der Waals surface area contributed by atoms with Crippen molar-refractivity contribution in [2.45, 2.75) is 17.8 Å². The zero-order valence-electron chi connectivity index (χ0n) is 14.9. The fourth-order valence-corrected chi connectivity index (χ4v) is 5.15. The summed E-state index contributed by atoms with van der Waals surface area (Å²) in [6.45, 7) is 2.08. The second kappa shape index (κ2) is 7.42.